The first-order valence-electron chi connectivity index (χ1n) is 8.22. The number of unbranched alkanes of at least 4 members (excludes halogenated alkanes) is 1. The molecule has 0 N–H and O–H groups in total. The van der Waals surface area contributed by atoms with Crippen molar-refractivity contribution in [3.05, 3.63) is 53.7 Å². The summed E-state index contributed by atoms with van der Waals surface area (Å²) in [6.45, 7) is 11.8. The highest BCUT2D eigenvalue weighted by atomic mass is 16.5. The standard InChI is InChI=1S/C19H29NO3/c1-5-16(2)10-11-17(3)22-14-8-13-21-12-7-6-9-19-15-18(4)23-20-19/h5,10-11,15H,1,6-9,12-14H2,2-4H3/b16-10-,17-11+. The quantitative estimate of drug-likeness (QED) is 0.316. The monoisotopic (exact) mass is 319 g/mol. The maximum Gasteiger partial charge on any atom is 0.133 e. The van der Waals surface area contributed by atoms with E-state index in [0.717, 1.165) is 61.7 Å². The fourth-order valence-corrected chi connectivity index (χ4v) is 1.91. The van der Waals surface area contributed by atoms with Gasteiger partial charge in [0.25, 0.3) is 0 Å². The van der Waals surface area contributed by atoms with Crippen LogP contribution in [-0.4, -0.2) is 25.0 Å². The van der Waals surface area contributed by atoms with Gasteiger partial charge in [-0.3, -0.25) is 0 Å². The predicted molar refractivity (Wildman–Crippen MR) is 93.3 cm³/mol. The van der Waals surface area contributed by atoms with Crippen molar-refractivity contribution in [2.24, 2.45) is 0 Å². The van der Waals surface area contributed by atoms with Gasteiger partial charge < -0.3 is 14.0 Å². The smallest absolute Gasteiger partial charge is 0.133 e. The summed E-state index contributed by atoms with van der Waals surface area (Å²) in [5, 5.41) is 3.97. The van der Waals surface area contributed by atoms with Crippen molar-refractivity contribution in [3.63, 3.8) is 0 Å². The Morgan fingerprint density at radius 2 is 1.96 bits per heavy atom. The molecule has 1 heterocycles. The molecule has 0 aromatic carbocycles. The molecule has 0 fully saturated rings. The minimum Gasteiger partial charge on any atom is -0.498 e. The maximum atomic E-state index is 5.61. The van der Waals surface area contributed by atoms with Gasteiger partial charge in [0.15, 0.2) is 0 Å². The molecule has 0 bridgehead atoms. The topological polar surface area (TPSA) is 44.5 Å². The van der Waals surface area contributed by atoms with Crippen LogP contribution in [0.4, 0.5) is 0 Å². The summed E-state index contributed by atoms with van der Waals surface area (Å²) >= 11 is 0. The average molecular weight is 319 g/mol. The minimum atomic E-state index is 0.682. The molecule has 0 saturated carbocycles. The van der Waals surface area contributed by atoms with Gasteiger partial charge in [-0.05, 0) is 46.1 Å². The van der Waals surface area contributed by atoms with Crippen molar-refractivity contribution < 1.29 is 14.0 Å². The van der Waals surface area contributed by atoms with E-state index < -0.39 is 0 Å². The molecular formula is C19H29NO3. The highest BCUT2D eigenvalue weighted by Gasteiger charge is 1.99. The van der Waals surface area contributed by atoms with E-state index in [2.05, 4.69) is 11.7 Å². The maximum absolute atomic E-state index is 5.61. The van der Waals surface area contributed by atoms with Crippen LogP contribution in [0.1, 0.15) is 44.6 Å². The summed E-state index contributed by atoms with van der Waals surface area (Å²) in [5.41, 5.74) is 2.15. The zero-order valence-corrected chi connectivity index (χ0v) is 14.6. The van der Waals surface area contributed by atoms with Crippen LogP contribution in [0.2, 0.25) is 0 Å². The van der Waals surface area contributed by atoms with Crippen molar-refractivity contribution in [1.29, 1.82) is 0 Å². The molecule has 1 aromatic heterocycles. The van der Waals surface area contributed by atoms with E-state index in [1.54, 1.807) is 0 Å². The Bertz CT molecular complexity index is 514. The minimum absolute atomic E-state index is 0.682. The lowest BCUT2D eigenvalue weighted by atomic mass is 10.2. The zero-order chi connectivity index (χ0) is 16.9. The lowest BCUT2D eigenvalue weighted by molar-refractivity contribution is 0.104. The van der Waals surface area contributed by atoms with Crippen LogP contribution in [0.3, 0.4) is 0 Å². The molecule has 0 aliphatic heterocycles. The van der Waals surface area contributed by atoms with Gasteiger partial charge in [-0.2, -0.15) is 0 Å². The summed E-state index contributed by atoms with van der Waals surface area (Å²) in [4.78, 5) is 0. The van der Waals surface area contributed by atoms with Crippen molar-refractivity contribution in [3.8, 4) is 0 Å². The summed E-state index contributed by atoms with van der Waals surface area (Å²) in [7, 11) is 0. The zero-order valence-electron chi connectivity index (χ0n) is 14.6. The molecule has 0 radical (unpaired) electrons. The molecular weight excluding hydrogens is 290 g/mol. The number of aromatic nitrogens is 1. The highest BCUT2D eigenvalue weighted by molar-refractivity contribution is 5.20. The number of ether oxygens (including phenoxy) is 2. The van der Waals surface area contributed by atoms with Gasteiger partial charge in [0.2, 0.25) is 0 Å². The van der Waals surface area contributed by atoms with E-state index in [4.69, 9.17) is 14.0 Å². The van der Waals surface area contributed by atoms with Gasteiger partial charge in [0.05, 0.1) is 18.1 Å². The second-order valence-electron chi connectivity index (χ2n) is 5.59. The normalized spacial score (nSPS) is 12.5. The molecule has 0 atom stereocenters. The number of hydrogen-bond donors (Lipinski definition) is 0. The van der Waals surface area contributed by atoms with E-state index in [1.165, 1.54) is 0 Å². The Kier molecular flexibility index (Phi) is 9.80. The van der Waals surface area contributed by atoms with E-state index in [1.807, 2.05) is 45.1 Å². The van der Waals surface area contributed by atoms with Crippen molar-refractivity contribution >= 4 is 0 Å². The molecule has 0 unspecified atom stereocenters. The Morgan fingerprint density at radius 1 is 1.17 bits per heavy atom. The number of hydrogen-bond acceptors (Lipinski definition) is 4. The largest absolute Gasteiger partial charge is 0.498 e. The van der Waals surface area contributed by atoms with Gasteiger partial charge in [-0.15, -0.1) is 0 Å². The third-order valence-corrected chi connectivity index (χ3v) is 3.31. The summed E-state index contributed by atoms with van der Waals surface area (Å²) in [5.74, 6) is 1.78. The van der Waals surface area contributed by atoms with Gasteiger partial charge in [-0.25, -0.2) is 0 Å². The van der Waals surface area contributed by atoms with E-state index >= 15 is 0 Å². The molecule has 0 amide bonds. The lowest BCUT2D eigenvalue weighted by Crippen LogP contribution is -2.02. The van der Waals surface area contributed by atoms with Crippen LogP contribution in [0.5, 0.6) is 0 Å². The van der Waals surface area contributed by atoms with Crippen LogP contribution >= 0.6 is 0 Å². The van der Waals surface area contributed by atoms with Crippen LogP contribution in [0.25, 0.3) is 0 Å². The second-order valence-corrected chi connectivity index (χ2v) is 5.59. The highest BCUT2D eigenvalue weighted by Crippen LogP contribution is 2.06. The Hall–Kier alpha value is -1.81. The van der Waals surface area contributed by atoms with Gasteiger partial charge >= 0.3 is 0 Å². The van der Waals surface area contributed by atoms with Gasteiger partial charge in [-0.1, -0.05) is 29.5 Å². The summed E-state index contributed by atoms with van der Waals surface area (Å²) < 4.78 is 16.2. The molecule has 0 aliphatic carbocycles. The second kappa shape index (κ2) is 11.7. The lowest BCUT2D eigenvalue weighted by Gasteiger charge is -2.06. The SMILES string of the molecule is C=C/C(C)=C\C=C(/C)OCCCOCCCCc1cc(C)on1. The Morgan fingerprint density at radius 3 is 2.65 bits per heavy atom. The first kappa shape index (κ1) is 19.2. The third kappa shape index (κ3) is 9.74. The van der Waals surface area contributed by atoms with Crippen LogP contribution in [0.15, 0.2) is 46.7 Å². The molecule has 0 spiro atoms. The molecule has 0 saturated heterocycles. The van der Waals surface area contributed by atoms with Crippen LogP contribution < -0.4 is 0 Å². The van der Waals surface area contributed by atoms with E-state index in [9.17, 15) is 0 Å². The molecule has 1 aromatic rings. The molecule has 23 heavy (non-hydrogen) atoms. The van der Waals surface area contributed by atoms with E-state index in [0.29, 0.717) is 6.61 Å². The summed E-state index contributed by atoms with van der Waals surface area (Å²) in [6.07, 6.45) is 9.74. The fourth-order valence-electron chi connectivity index (χ4n) is 1.91. The first-order valence-corrected chi connectivity index (χ1v) is 8.22. The third-order valence-electron chi connectivity index (χ3n) is 3.31. The van der Waals surface area contributed by atoms with Crippen LogP contribution in [0, 0.1) is 6.92 Å². The molecule has 4 heteroatoms. The van der Waals surface area contributed by atoms with Gasteiger partial charge in [0.1, 0.15) is 5.76 Å². The molecule has 1 rings (SSSR count). The number of allylic oxidation sites excluding steroid dienone is 5. The van der Waals surface area contributed by atoms with E-state index in [-0.39, 0.29) is 0 Å². The van der Waals surface area contributed by atoms with Gasteiger partial charge in [0, 0.05) is 25.7 Å². The predicted octanol–water partition coefficient (Wildman–Crippen LogP) is 4.77. The van der Waals surface area contributed by atoms with Crippen molar-refractivity contribution in [1.82, 2.24) is 5.16 Å². The first-order chi connectivity index (χ1) is 11.1. The van der Waals surface area contributed by atoms with Crippen LogP contribution in [-0.2, 0) is 15.9 Å². The number of rotatable bonds is 12. The number of nitrogens with zero attached hydrogens (tertiary/aromatic N) is 1. The summed E-state index contributed by atoms with van der Waals surface area (Å²) in [6, 6.07) is 1.99. The molecule has 128 valence electrons. The van der Waals surface area contributed by atoms with Crippen molar-refractivity contribution in [2.75, 3.05) is 19.8 Å². The van der Waals surface area contributed by atoms with Crippen molar-refractivity contribution in [2.45, 2.75) is 46.5 Å². The Balaban J connectivity index is 1.94. The fraction of sp³-hybridized carbons (Fsp3) is 0.526. The number of aryl methyl sites for hydroxylation is 2. The molecule has 4 nitrogen and oxygen atoms in total. The Labute approximate surface area is 139 Å². The molecule has 0 aliphatic rings. The average Bonchev–Trinajstić information content (AvgIpc) is 2.96.